The van der Waals surface area contributed by atoms with E-state index in [1.807, 2.05) is 17.0 Å². The molecule has 1 saturated heterocycles. The van der Waals surface area contributed by atoms with Crippen molar-refractivity contribution in [2.45, 2.75) is 70.1 Å². The highest BCUT2D eigenvalue weighted by Crippen LogP contribution is 2.44. The molecule has 0 unspecified atom stereocenters. The van der Waals surface area contributed by atoms with E-state index >= 15 is 0 Å². The van der Waals surface area contributed by atoms with Crippen LogP contribution in [0.2, 0.25) is 0 Å². The van der Waals surface area contributed by atoms with Gasteiger partial charge in [-0.05, 0) is 49.1 Å². The van der Waals surface area contributed by atoms with E-state index < -0.39 is 12.1 Å². The lowest BCUT2D eigenvalue weighted by Crippen LogP contribution is -2.56. The molecule has 0 aromatic carbocycles. The van der Waals surface area contributed by atoms with Gasteiger partial charge in [0.15, 0.2) is 6.10 Å². The monoisotopic (exact) mass is 371 g/mol. The van der Waals surface area contributed by atoms with Gasteiger partial charge in [-0.1, -0.05) is 25.8 Å². The van der Waals surface area contributed by atoms with E-state index in [2.05, 4.69) is 17.2 Å². The minimum Gasteiger partial charge on any atom is -0.356 e. The van der Waals surface area contributed by atoms with Crippen molar-refractivity contribution in [2.24, 2.45) is 5.41 Å². The second kappa shape index (κ2) is 7.58. The number of carbonyl (C=O) groups is 2. The molecule has 4 rings (SSSR count). The summed E-state index contributed by atoms with van der Waals surface area (Å²) in [6.45, 7) is 2.88. The van der Waals surface area contributed by atoms with Gasteiger partial charge in [-0.3, -0.25) is 14.6 Å². The minimum absolute atomic E-state index is 0.0224. The normalized spacial score (nSPS) is 27.1. The van der Waals surface area contributed by atoms with Crippen LogP contribution in [0.4, 0.5) is 0 Å². The molecule has 2 saturated carbocycles. The first-order chi connectivity index (χ1) is 13.1. The van der Waals surface area contributed by atoms with Gasteiger partial charge in [-0.2, -0.15) is 0 Å². The molecular formula is C21H29N3O3. The molecule has 1 aromatic rings. The fraction of sp³-hybridized carbons (Fsp3) is 0.667. The standard InChI is InChI=1S/C21H29N3O3/c1-2-8-21(9-4-10-21)14-23-20(26)19-18(15-5-3-11-22-12-15)24(16-6-7-16)17(25)13-27-19/h3,5,11-12,16,18-19H,2,4,6-10,13-14H2,1H3,(H,23,26)/t18-,19+/m1/s1. The summed E-state index contributed by atoms with van der Waals surface area (Å²) in [5.74, 6) is -0.138. The highest BCUT2D eigenvalue weighted by molar-refractivity contribution is 5.86. The summed E-state index contributed by atoms with van der Waals surface area (Å²) in [4.78, 5) is 31.7. The quantitative estimate of drug-likeness (QED) is 0.800. The van der Waals surface area contributed by atoms with Crippen molar-refractivity contribution >= 4 is 11.8 Å². The molecule has 6 heteroatoms. The van der Waals surface area contributed by atoms with Gasteiger partial charge in [0.25, 0.3) is 5.91 Å². The van der Waals surface area contributed by atoms with Crippen LogP contribution in [0.5, 0.6) is 0 Å². The van der Waals surface area contributed by atoms with Gasteiger partial charge in [-0.25, -0.2) is 0 Å². The molecule has 1 aromatic heterocycles. The predicted octanol–water partition coefficient (Wildman–Crippen LogP) is 2.60. The first-order valence-electron chi connectivity index (χ1n) is 10.2. The SMILES string of the molecule is CCCC1(CNC(=O)[C@H]2OCC(=O)N(C3CC3)[C@@H]2c2cccnc2)CCC1. The van der Waals surface area contributed by atoms with Crippen LogP contribution in [-0.2, 0) is 14.3 Å². The second-order valence-corrected chi connectivity index (χ2v) is 8.32. The smallest absolute Gasteiger partial charge is 0.251 e. The Labute approximate surface area is 160 Å². The second-order valence-electron chi connectivity index (χ2n) is 8.32. The first-order valence-corrected chi connectivity index (χ1v) is 10.2. The van der Waals surface area contributed by atoms with E-state index in [0.717, 1.165) is 31.2 Å². The average Bonchev–Trinajstić information content (AvgIpc) is 3.49. The summed E-state index contributed by atoms with van der Waals surface area (Å²) in [6.07, 6.45) is 10.7. The molecule has 2 atom stereocenters. The van der Waals surface area contributed by atoms with Crippen LogP contribution in [-0.4, -0.2) is 47.0 Å². The third kappa shape index (κ3) is 3.72. The number of amides is 2. The molecule has 6 nitrogen and oxygen atoms in total. The molecule has 2 aliphatic carbocycles. The van der Waals surface area contributed by atoms with Crippen LogP contribution in [0.1, 0.15) is 63.5 Å². The molecular weight excluding hydrogens is 342 g/mol. The van der Waals surface area contributed by atoms with Crippen molar-refractivity contribution in [3.05, 3.63) is 30.1 Å². The Morgan fingerprint density at radius 3 is 2.81 bits per heavy atom. The number of aromatic nitrogens is 1. The summed E-state index contributed by atoms with van der Waals surface area (Å²) in [6, 6.07) is 3.61. The van der Waals surface area contributed by atoms with Crippen LogP contribution in [0.15, 0.2) is 24.5 Å². The summed E-state index contributed by atoms with van der Waals surface area (Å²) in [5.41, 5.74) is 1.12. The van der Waals surface area contributed by atoms with Gasteiger partial charge in [0.05, 0.1) is 6.04 Å². The fourth-order valence-corrected chi connectivity index (χ4v) is 4.61. The van der Waals surface area contributed by atoms with Crippen molar-refractivity contribution in [1.29, 1.82) is 0 Å². The van der Waals surface area contributed by atoms with E-state index in [0.29, 0.717) is 6.54 Å². The number of rotatable bonds is 7. The van der Waals surface area contributed by atoms with Crippen LogP contribution in [0, 0.1) is 5.41 Å². The molecule has 3 fully saturated rings. The van der Waals surface area contributed by atoms with Crippen LogP contribution < -0.4 is 5.32 Å². The van der Waals surface area contributed by atoms with Crippen molar-refractivity contribution in [2.75, 3.05) is 13.2 Å². The summed E-state index contributed by atoms with van der Waals surface area (Å²) < 4.78 is 5.77. The number of nitrogens with zero attached hydrogens (tertiary/aromatic N) is 2. The molecule has 0 radical (unpaired) electrons. The third-order valence-electron chi connectivity index (χ3n) is 6.32. The van der Waals surface area contributed by atoms with Crippen LogP contribution in [0.25, 0.3) is 0 Å². The van der Waals surface area contributed by atoms with Gasteiger partial charge in [0, 0.05) is 25.0 Å². The highest BCUT2D eigenvalue weighted by atomic mass is 16.5. The van der Waals surface area contributed by atoms with E-state index in [-0.39, 0.29) is 29.9 Å². The number of ether oxygens (including phenoxy) is 1. The van der Waals surface area contributed by atoms with Gasteiger partial charge in [-0.15, -0.1) is 0 Å². The van der Waals surface area contributed by atoms with E-state index in [1.54, 1.807) is 12.4 Å². The molecule has 2 heterocycles. The molecule has 146 valence electrons. The molecule has 0 bridgehead atoms. The average molecular weight is 371 g/mol. The molecule has 1 aliphatic heterocycles. The van der Waals surface area contributed by atoms with Gasteiger partial charge in [0.2, 0.25) is 5.91 Å². The number of hydrogen-bond acceptors (Lipinski definition) is 4. The molecule has 1 N–H and O–H groups in total. The lowest BCUT2D eigenvalue weighted by atomic mass is 9.66. The summed E-state index contributed by atoms with van der Waals surface area (Å²) in [7, 11) is 0. The zero-order valence-electron chi connectivity index (χ0n) is 16.0. The maximum Gasteiger partial charge on any atom is 0.251 e. The number of hydrogen-bond donors (Lipinski definition) is 1. The number of morpholine rings is 1. The Morgan fingerprint density at radius 2 is 2.22 bits per heavy atom. The van der Waals surface area contributed by atoms with Crippen LogP contribution >= 0.6 is 0 Å². The maximum absolute atomic E-state index is 13.1. The third-order valence-corrected chi connectivity index (χ3v) is 6.32. The van der Waals surface area contributed by atoms with E-state index in [4.69, 9.17) is 4.74 Å². The van der Waals surface area contributed by atoms with Gasteiger partial charge >= 0.3 is 0 Å². The Balaban J connectivity index is 1.52. The predicted molar refractivity (Wildman–Crippen MR) is 101 cm³/mol. The Morgan fingerprint density at radius 1 is 1.41 bits per heavy atom. The molecule has 3 aliphatic rings. The Kier molecular flexibility index (Phi) is 5.17. The fourth-order valence-electron chi connectivity index (χ4n) is 4.61. The summed E-state index contributed by atoms with van der Waals surface area (Å²) >= 11 is 0. The molecule has 27 heavy (non-hydrogen) atoms. The number of nitrogens with one attached hydrogen (secondary N) is 1. The van der Waals surface area contributed by atoms with Crippen molar-refractivity contribution < 1.29 is 14.3 Å². The van der Waals surface area contributed by atoms with Crippen molar-refractivity contribution in [3.8, 4) is 0 Å². The van der Waals surface area contributed by atoms with Gasteiger partial charge < -0.3 is 15.0 Å². The largest absolute Gasteiger partial charge is 0.356 e. The zero-order chi connectivity index (χ0) is 18.9. The lowest BCUT2D eigenvalue weighted by Gasteiger charge is -2.44. The lowest BCUT2D eigenvalue weighted by molar-refractivity contribution is -0.165. The van der Waals surface area contributed by atoms with Crippen molar-refractivity contribution in [3.63, 3.8) is 0 Å². The number of carbonyl (C=O) groups excluding carboxylic acids is 2. The molecule has 0 spiro atoms. The van der Waals surface area contributed by atoms with E-state index in [1.165, 1.54) is 19.3 Å². The Bertz CT molecular complexity index is 685. The summed E-state index contributed by atoms with van der Waals surface area (Å²) in [5, 5.41) is 3.15. The first kappa shape index (κ1) is 18.4. The van der Waals surface area contributed by atoms with Crippen molar-refractivity contribution in [1.82, 2.24) is 15.2 Å². The number of pyridine rings is 1. The molecule has 2 amide bonds. The van der Waals surface area contributed by atoms with Crippen LogP contribution in [0.3, 0.4) is 0 Å². The van der Waals surface area contributed by atoms with Gasteiger partial charge in [0.1, 0.15) is 6.61 Å². The zero-order valence-corrected chi connectivity index (χ0v) is 16.0. The highest BCUT2D eigenvalue weighted by Gasteiger charge is 2.48. The maximum atomic E-state index is 13.1. The van der Waals surface area contributed by atoms with E-state index in [9.17, 15) is 9.59 Å². The Hall–Kier alpha value is -1.95. The minimum atomic E-state index is -0.675. The topological polar surface area (TPSA) is 71.5 Å².